The second-order valence-electron chi connectivity index (χ2n) is 5.96. The summed E-state index contributed by atoms with van der Waals surface area (Å²) in [5.74, 6) is 0.571. The number of carbonyl (C=O) groups excluding carboxylic acids is 2. The van der Waals surface area contributed by atoms with E-state index in [0.717, 1.165) is 17.3 Å². The van der Waals surface area contributed by atoms with E-state index in [1.807, 2.05) is 30.3 Å². The van der Waals surface area contributed by atoms with Crippen LogP contribution in [0.1, 0.15) is 45.1 Å². The SMILES string of the molecule is Cc1c(C(=O)Nc2cccc3ncccc23)oc2c1C(=O)CCC2. The number of amides is 1. The molecule has 5 heteroatoms. The van der Waals surface area contributed by atoms with Crippen molar-refractivity contribution in [3.05, 3.63) is 59.2 Å². The number of nitrogens with one attached hydrogen (secondary N) is 1. The smallest absolute Gasteiger partial charge is 0.291 e. The molecule has 1 amide bonds. The molecule has 2 heterocycles. The lowest BCUT2D eigenvalue weighted by molar-refractivity contribution is 0.0963. The Hall–Kier alpha value is -2.95. The number of carbonyl (C=O) groups is 2. The van der Waals surface area contributed by atoms with E-state index < -0.39 is 0 Å². The third-order valence-corrected chi connectivity index (χ3v) is 4.41. The van der Waals surface area contributed by atoms with Crippen LogP contribution in [0.5, 0.6) is 0 Å². The molecule has 2 aromatic heterocycles. The lowest BCUT2D eigenvalue weighted by atomic mass is 9.94. The Morgan fingerprint density at radius 1 is 1.21 bits per heavy atom. The van der Waals surface area contributed by atoms with E-state index in [9.17, 15) is 9.59 Å². The van der Waals surface area contributed by atoms with Gasteiger partial charge in [-0.1, -0.05) is 6.07 Å². The fraction of sp³-hybridized carbons (Fsp3) is 0.211. The van der Waals surface area contributed by atoms with Gasteiger partial charge in [0.25, 0.3) is 5.91 Å². The average Bonchev–Trinajstić information content (AvgIpc) is 2.93. The molecule has 5 nitrogen and oxygen atoms in total. The third kappa shape index (κ3) is 2.29. The van der Waals surface area contributed by atoms with Gasteiger partial charge in [0, 0.05) is 30.0 Å². The van der Waals surface area contributed by atoms with Crippen molar-refractivity contribution in [1.82, 2.24) is 4.98 Å². The molecule has 0 radical (unpaired) electrons. The fourth-order valence-corrected chi connectivity index (χ4v) is 3.26. The molecule has 1 aliphatic rings. The summed E-state index contributed by atoms with van der Waals surface area (Å²) in [6.45, 7) is 1.77. The van der Waals surface area contributed by atoms with Crippen LogP contribution in [0.15, 0.2) is 40.9 Å². The molecule has 3 aromatic rings. The monoisotopic (exact) mass is 320 g/mol. The number of fused-ring (bicyclic) bond motifs is 2. The highest BCUT2D eigenvalue weighted by Gasteiger charge is 2.28. The van der Waals surface area contributed by atoms with Gasteiger partial charge in [-0.25, -0.2) is 0 Å². The van der Waals surface area contributed by atoms with Crippen LogP contribution < -0.4 is 5.32 Å². The molecule has 0 fully saturated rings. The number of hydrogen-bond donors (Lipinski definition) is 1. The van der Waals surface area contributed by atoms with Crippen LogP contribution in [-0.2, 0) is 6.42 Å². The Balaban J connectivity index is 1.71. The molecule has 4 rings (SSSR count). The summed E-state index contributed by atoms with van der Waals surface area (Å²) in [6, 6.07) is 9.29. The molecule has 0 saturated heterocycles. The number of anilines is 1. The number of furan rings is 1. The molecule has 1 aromatic carbocycles. The summed E-state index contributed by atoms with van der Waals surface area (Å²) in [5.41, 5.74) is 2.70. The van der Waals surface area contributed by atoms with Gasteiger partial charge < -0.3 is 9.73 Å². The molecule has 0 atom stereocenters. The molecular formula is C19H16N2O3. The van der Waals surface area contributed by atoms with Crippen molar-refractivity contribution < 1.29 is 14.0 Å². The summed E-state index contributed by atoms with van der Waals surface area (Å²) in [5, 5.41) is 3.74. The number of Topliss-reactive ketones (excluding diaryl/α,β-unsaturated/α-hetero) is 1. The Bertz CT molecular complexity index is 967. The van der Waals surface area contributed by atoms with Gasteiger partial charge >= 0.3 is 0 Å². The lowest BCUT2D eigenvalue weighted by Gasteiger charge is -2.07. The highest BCUT2D eigenvalue weighted by Crippen LogP contribution is 2.30. The van der Waals surface area contributed by atoms with Gasteiger partial charge in [-0.05, 0) is 37.6 Å². The number of benzene rings is 1. The molecule has 24 heavy (non-hydrogen) atoms. The second kappa shape index (κ2) is 5.60. The first-order valence-corrected chi connectivity index (χ1v) is 7.95. The van der Waals surface area contributed by atoms with Crippen molar-refractivity contribution >= 4 is 28.3 Å². The summed E-state index contributed by atoms with van der Waals surface area (Å²) in [6.07, 6.45) is 3.70. The summed E-state index contributed by atoms with van der Waals surface area (Å²) in [7, 11) is 0. The average molecular weight is 320 g/mol. The standard InChI is InChI=1S/C19H16N2O3/c1-11-17-15(22)8-3-9-16(17)24-18(11)19(23)21-14-7-2-6-13-12(14)5-4-10-20-13/h2,4-7,10H,3,8-9H2,1H3,(H,21,23). The van der Waals surface area contributed by atoms with Crippen molar-refractivity contribution in [1.29, 1.82) is 0 Å². The normalized spacial score (nSPS) is 13.8. The third-order valence-electron chi connectivity index (χ3n) is 4.41. The second-order valence-corrected chi connectivity index (χ2v) is 5.96. The Morgan fingerprint density at radius 3 is 2.92 bits per heavy atom. The molecule has 0 unspecified atom stereocenters. The number of pyridine rings is 1. The molecule has 0 spiro atoms. The number of aryl methyl sites for hydroxylation is 1. The zero-order chi connectivity index (χ0) is 16.7. The van der Waals surface area contributed by atoms with E-state index in [2.05, 4.69) is 10.3 Å². The van der Waals surface area contributed by atoms with Crippen LogP contribution in [0, 0.1) is 6.92 Å². The Kier molecular flexibility index (Phi) is 3.41. The van der Waals surface area contributed by atoms with Crippen molar-refractivity contribution in [3.8, 4) is 0 Å². The zero-order valence-electron chi connectivity index (χ0n) is 13.3. The van der Waals surface area contributed by atoms with Crippen LogP contribution >= 0.6 is 0 Å². The molecule has 120 valence electrons. The minimum absolute atomic E-state index is 0.0610. The van der Waals surface area contributed by atoms with Crippen molar-refractivity contribution in [3.63, 3.8) is 0 Å². The van der Waals surface area contributed by atoms with E-state index in [1.165, 1.54) is 0 Å². The zero-order valence-corrected chi connectivity index (χ0v) is 13.3. The Labute approximate surface area is 138 Å². The number of aromatic nitrogens is 1. The summed E-state index contributed by atoms with van der Waals surface area (Å²) < 4.78 is 5.70. The van der Waals surface area contributed by atoms with E-state index >= 15 is 0 Å². The first-order chi connectivity index (χ1) is 11.6. The molecule has 1 aliphatic carbocycles. The van der Waals surface area contributed by atoms with Gasteiger partial charge in [-0.3, -0.25) is 14.6 Å². The van der Waals surface area contributed by atoms with E-state index in [4.69, 9.17) is 4.42 Å². The maximum atomic E-state index is 12.7. The predicted octanol–water partition coefficient (Wildman–Crippen LogP) is 3.91. The number of ketones is 1. The maximum Gasteiger partial charge on any atom is 0.291 e. The van der Waals surface area contributed by atoms with Gasteiger partial charge in [-0.2, -0.15) is 0 Å². The molecule has 0 saturated carbocycles. The van der Waals surface area contributed by atoms with Crippen LogP contribution in [0.3, 0.4) is 0 Å². The van der Waals surface area contributed by atoms with Gasteiger partial charge in [0.2, 0.25) is 0 Å². The van der Waals surface area contributed by atoms with E-state index in [0.29, 0.717) is 35.4 Å². The summed E-state index contributed by atoms with van der Waals surface area (Å²) >= 11 is 0. The molecule has 0 aliphatic heterocycles. The number of rotatable bonds is 2. The van der Waals surface area contributed by atoms with E-state index in [-0.39, 0.29) is 17.5 Å². The van der Waals surface area contributed by atoms with Crippen molar-refractivity contribution in [2.45, 2.75) is 26.2 Å². The van der Waals surface area contributed by atoms with Crippen LogP contribution in [0.25, 0.3) is 10.9 Å². The summed E-state index contributed by atoms with van der Waals surface area (Å²) in [4.78, 5) is 29.0. The topological polar surface area (TPSA) is 72.2 Å². The van der Waals surface area contributed by atoms with Gasteiger partial charge in [0.1, 0.15) is 5.76 Å². The lowest BCUT2D eigenvalue weighted by Crippen LogP contribution is -2.13. The predicted molar refractivity (Wildman–Crippen MR) is 90.4 cm³/mol. The van der Waals surface area contributed by atoms with Crippen LogP contribution in [-0.4, -0.2) is 16.7 Å². The minimum atomic E-state index is -0.342. The highest BCUT2D eigenvalue weighted by molar-refractivity contribution is 6.10. The van der Waals surface area contributed by atoms with E-state index in [1.54, 1.807) is 13.1 Å². The number of hydrogen-bond acceptors (Lipinski definition) is 4. The first kappa shape index (κ1) is 14.6. The quantitative estimate of drug-likeness (QED) is 0.777. The van der Waals surface area contributed by atoms with Crippen LogP contribution in [0.4, 0.5) is 5.69 Å². The minimum Gasteiger partial charge on any atom is -0.455 e. The maximum absolute atomic E-state index is 12.7. The van der Waals surface area contributed by atoms with Crippen molar-refractivity contribution in [2.24, 2.45) is 0 Å². The van der Waals surface area contributed by atoms with Gasteiger partial charge in [0.15, 0.2) is 11.5 Å². The first-order valence-electron chi connectivity index (χ1n) is 7.95. The molecular weight excluding hydrogens is 304 g/mol. The molecule has 1 N–H and O–H groups in total. The van der Waals surface area contributed by atoms with Crippen LogP contribution in [0.2, 0.25) is 0 Å². The fourth-order valence-electron chi connectivity index (χ4n) is 3.26. The van der Waals surface area contributed by atoms with Gasteiger partial charge in [0.05, 0.1) is 16.8 Å². The largest absolute Gasteiger partial charge is 0.455 e. The van der Waals surface area contributed by atoms with Crippen molar-refractivity contribution in [2.75, 3.05) is 5.32 Å². The van der Waals surface area contributed by atoms with Gasteiger partial charge in [-0.15, -0.1) is 0 Å². The Morgan fingerprint density at radius 2 is 2.08 bits per heavy atom. The highest BCUT2D eigenvalue weighted by atomic mass is 16.4. The molecule has 0 bridgehead atoms. The number of nitrogens with zero attached hydrogens (tertiary/aromatic N) is 1.